The molecule has 4 nitrogen and oxygen atoms in total. The quantitative estimate of drug-likeness (QED) is 0.776. The molecule has 1 heterocycles. The topological polar surface area (TPSA) is 41.6 Å². The number of carbonyl (C=O) groups excluding carboxylic acids is 1. The van der Waals surface area contributed by atoms with Gasteiger partial charge in [-0.3, -0.25) is 0 Å². The molecule has 1 N–H and O–H groups in total. The van der Waals surface area contributed by atoms with Crippen LogP contribution < -0.4 is 5.32 Å². The maximum atomic E-state index is 11.9. The van der Waals surface area contributed by atoms with E-state index >= 15 is 0 Å². The Morgan fingerprint density at radius 2 is 2.40 bits per heavy atom. The molecule has 1 aliphatic rings. The van der Waals surface area contributed by atoms with E-state index in [2.05, 4.69) is 10.1 Å². The highest BCUT2D eigenvalue weighted by molar-refractivity contribution is 5.67. The smallest absolute Gasteiger partial charge is 0.409 e. The summed E-state index contributed by atoms with van der Waals surface area (Å²) in [5.74, 6) is 0. The van der Waals surface area contributed by atoms with Crippen LogP contribution >= 0.6 is 0 Å². The molecule has 1 atom stereocenters. The number of nitrogens with one attached hydrogen (secondary N) is 1. The molecule has 0 aromatic carbocycles. The van der Waals surface area contributed by atoms with Crippen molar-refractivity contribution in [1.82, 2.24) is 10.2 Å². The fraction of sp³-hybridized carbons (Fsp3) is 0.889. The number of ether oxygens (including phenoxy) is 1. The highest BCUT2D eigenvalue weighted by Crippen LogP contribution is 2.11. The van der Waals surface area contributed by atoms with E-state index < -0.39 is 12.5 Å². The minimum Gasteiger partial charge on any atom is -0.453 e. The third-order valence-corrected chi connectivity index (χ3v) is 2.42. The van der Waals surface area contributed by atoms with Crippen LogP contribution in [-0.2, 0) is 4.74 Å². The van der Waals surface area contributed by atoms with Crippen LogP contribution in [0, 0.1) is 0 Å². The number of hydrogen-bond donors (Lipinski definition) is 1. The standard InChI is InChI=1S/C9H16F2N2O2/c1-15-9(14)13-4-2-3-7(6-13)12-5-8(10)11/h7-8,12H,2-6H2,1H3. The van der Waals surface area contributed by atoms with Crippen LogP contribution in [0.3, 0.4) is 0 Å². The maximum absolute atomic E-state index is 11.9. The Balaban J connectivity index is 2.32. The third-order valence-electron chi connectivity index (χ3n) is 2.42. The first-order chi connectivity index (χ1) is 7.13. The van der Waals surface area contributed by atoms with E-state index in [0.29, 0.717) is 13.1 Å². The normalized spacial score (nSPS) is 21.9. The van der Waals surface area contributed by atoms with Gasteiger partial charge < -0.3 is 15.0 Å². The Kier molecular flexibility index (Phi) is 4.74. The summed E-state index contributed by atoms with van der Waals surface area (Å²) in [7, 11) is 1.32. The first-order valence-electron chi connectivity index (χ1n) is 4.98. The lowest BCUT2D eigenvalue weighted by atomic mass is 10.1. The van der Waals surface area contributed by atoms with Crippen LogP contribution in [0.15, 0.2) is 0 Å². The van der Waals surface area contributed by atoms with Crippen molar-refractivity contribution in [3.8, 4) is 0 Å². The molecule has 0 spiro atoms. The minimum absolute atomic E-state index is 0.0492. The van der Waals surface area contributed by atoms with Gasteiger partial charge in [0.1, 0.15) is 0 Å². The average Bonchev–Trinajstić information content (AvgIpc) is 2.25. The van der Waals surface area contributed by atoms with Crippen molar-refractivity contribution in [2.45, 2.75) is 25.3 Å². The summed E-state index contributed by atoms with van der Waals surface area (Å²) in [5.41, 5.74) is 0. The van der Waals surface area contributed by atoms with Crippen molar-refractivity contribution in [1.29, 1.82) is 0 Å². The summed E-state index contributed by atoms with van der Waals surface area (Å²) in [5, 5.41) is 2.73. The van der Waals surface area contributed by atoms with Gasteiger partial charge in [0.05, 0.1) is 13.7 Å². The summed E-state index contributed by atoms with van der Waals surface area (Å²) in [6, 6.07) is -0.0492. The molecule has 1 fully saturated rings. The fourth-order valence-electron chi connectivity index (χ4n) is 1.69. The van der Waals surface area contributed by atoms with Crippen molar-refractivity contribution in [3.63, 3.8) is 0 Å². The number of halogens is 2. The highest BCUT2D eigenvalue weighted by atomic mass is 19.3. The number of rotatable bonds is 3. The Morgan fingerprint density at radius 3 is 3.00 bits per heavy atom. The lowest BCUT2D eigenvalue weighted by Crippen LogP contribution is -2.48. The lowest BCUT2D eigenvalue weighted by molar-refractivity contribution is 0.0998. The molecule has 0 aromatic heterocycles. The lowest BCUT2D eigenvalue weighted by Gasteiger charge is -2.32. The van der Waals surface area contributed by atoms with Gasteiger partial charge >= 0.3 is 6.09 Å². The summed E-state index contributed by atoms with van der Waals surface area (Å²) in [6.45, 7) is 0.763. The van der Waals surface area contributed by atoms with Crippen LogP contribution in [0.5, 0.6) is 0 Å². The molecule has 1 rings (SSSR count). The maximum Gasteiger partial charge on any atom is 0.409 e. The van der Waals surface area contributed by atoms with Crippen LogP contribution in [0.2, 0.25) is 0 Å². The molecular formula is C9H16F2N2O2. The van der Waals surface area contributed by atoms with Gasteiger partial charge in [0.2, 0.25) is 0 Å². The average molecular weight is 222 g/mol. The SMILES string of the molecule is COC(=O)N1CCCC(NCC(F)F)C1. The Bertz CT molecular complexity index is 214. The van der Waals surface area contributed by atoms with E-state index in [1.54, 1.807) is 0 Å². The predicted molar refractivity (Wildman–Crippen MR) is 51.0 cm³/mol. The van der Waals surface area contributed by atoms with E-state index in [0.717, 1.165) is 12.8 Å². The van der Waals surface area contributed by atoms with E-state index in [4.69, 9.17) is 0 Å². The van der Waals surface area contributed by atoms with Crippen LogP contribution in [0.4, 0.5) is 13.6 Å². The van der Waals surface area contributed by atoms with Crippen LogP contribution in [0.1, 0.15) is 12.8 Å². The number of likely N-dealkylation sites (tertiary alicyclic amines) is 1. The zero-order chi connectivity index (χ0) is 11.3. The molecule has 0 aromatic rings. The van der Waals surface area contributed by atoms with Gasteiger partial charge in [0.15, 0.2) is 0 Å². The molecule has 0 saturated carbocycles. The van der Waals surface area contributed by atoms with E-state index in [1.165, 1.54) is 12.0 Å². The Morgan fingerprint density at radius 1 is 1.67 bits per heavy atom. The molecule has 0 bridgehead atoms. The van der Waals surface area contributed by atoms with E-state index in [1.807, 2.05) is 0 Å². The zero-order valence-electron chi connectivity index (χ0n) is 8.71. The summed E-state index contributed by atoms with van der Waals surface area (Å²) < 4.78 is 28.5. The van der Waals surface area contributed by atoms with Gasteiger partial charge in [0, 0.05) is 19.1 Å². The van der Waals surface area contributed by atoms with Crippen molar-refractivity contribution < 1.29 is 18.3 Å². The van der Waals surface area contributed by atoms with Crippen molar-refractivity contribution in [2.75, 3.05) is 26.7 Å². The van der Waals surface area contributed by atoms with Gasteiger partial charge in [-0.2, -0.15) is 0 Å². The summed E-state index contributed by atoms with van der Waals surface area (Å²) in [6.07, 6.45) is -1.10. The summed E-state index contributed by atoms with van der Waals surface area (Å²) in [4.78, 5) is 12.7. The minimum atomic E-state index is -2.35. The number of carbonyl (C=O) groups is 1. The largest absolute Gasteiger partial charge is 0.453 e. The van der Waals surface area contributed by atoms with E-state index in [-0.39, 0.29) is 12.6 Å². The number of alkyl halides is 2. The van der Waals surface area contributed by atoms with Gasteiger partial charge in [-0.25, -0.2) is 13.6 Å². The summed E-state index contributed by atoms with van der Waals surface area (Å²) >= 11 is 0. The van der Waals surface area contributed by atoms with Crippen LogP contribution in [0.25, 0.3) is 0 Å². The highest BCUT2D eigenvalue weighted by Gasteiger charge is 2.24. The monoisotopic (exact) mass is 222 g/mol. The predicted octanol–water partition coefficient (Wildman–Crippen LogP) is 1.07. The number of amides is 1. The van der Waals surface area contributed by atoms with Gasteiger partial charge in [-0.1, -0.05) is 0 Å². The van der Waals surface area contributed by atoms with Crippen molar-refractivity contribution in [3.05, 3.63) is 0 Å². The second-order valence-corrected chi connectivity index (χ2v) is 3.55. The molecule has 0 radical (unpaired) electrons. The van der Waals surface area contributed by atoms with Gasteiger partial charge in [0.25, 0.3) is 6.43 Å². The molecule has 1 amide bonds. The molecular weight excluding hydrogens is 206 g/mol. The molecule has 88 valence electrons. The van der Waals surface area contributed by atoms with Gasteiger partial charge in [-0.15, -0.1) is 0 Å². The molecule has 1 unspecified atom stereocenters. The van der Waals surface area contributed by atoms with Crippen LogP contribution in [-0.4, -0.2) is 50.2 Å². The first-order valence-corrected chi connectivity index (χ1v) is 4.98. The molecule has 1 aliphatic heterocycles. The van der Waals surface area contributed by atoms with Crippen molar-refractivity contribution in [2.24, 2.45) is 0 Å². The zero-order valence-corrected chi connectivity index (χ0v) is 8.71. The number of methoxy groups -OCH3 is 1. The number of piperidine rings is 1. The molecule has 6 heteroatoms. The fourth-order valence-corrected chi connectivity index (χ4v) is 1.69. The molecule has 15 heavy (non-hydrogen) atoms. The number of hydrogen-bond acceptors (Lipinski definition) is 3. The Hall–Kier alpha value is -0.910. The Labute approximate surface area is 87.6 Å². The molecule has 1 saturated heterocycles. The second-order valence-electron chi connectivity index (χ2n) is 3.55. The first kappa shape index (κ1) is 12.2. The second kappa shape index (κ2) is 5.85. The van der Waals surface area contributed by atoms with Crippen molar-refractivity contribution >= 4 is 6.09 Å². The number of nitrogens with zero attached hydrogens (tertiary/aromatic N) is 1. The molecule has 0 aliphatic carbocycles. The third kappa shape index (κ3) is 3.99. The van der Waals surface area contributed by atoms with Gasteiger partial charge in [-0.05, 0) is 12.8 Å². The van der Waals surface area contributed by atoms with E-state index in [9.17, 15) is 13.6 Å².